The first-order valence-corrected chi connectivity index (χ1v) is 7.38. The van der Waals surface area contributed by atoms with E-state index >= 15 is 0 Å². The van der Waals surface area contributed by atoms with Crippen molar-refractivity contribution in [1.82, 2.24) is 10.3 Å². The van der Waals surface area contributed by atoms with Crippen molar-refractivity contribution >= 4 is 36.4 Å². The van der Waals surface area contributed by atoms with E-state index in [2.05, 4.69) is 48.4 Å². The number of pyridine rings is 1. The molecule has 0 aliphatic carbocycles. The minimum absolute atomic E-state index is 0. The Morgan fingerprint density at radius 3 is 2.36 bits per heavy atom. The van der Waals surface area contributed by atoms with Gasteiger partial charge in [0, 0.05) is 34.4 Å². The fourth-order valence-electron chi connectivity index (χ4n) is 3.13. The van der Waals surface area contributed by atoms with E-state index in [0.29, 0.717) is 12.0 Å². The van der Waals surface area contributed by atoms with Crippen LogP contribution in [0.1, 0.15) is 43.5 Å². The third-order valence-electron chi connectivity index (χ3n) is 4.21. The van der Waals surface area contributed by atoms with E-state index in [0.717, 1.165) is 11.4 Å². The zero-order valence-electron chi connectivity index (χ0n) is 12.6. The number of hydrogen-bond acceptors (Lipinski definition) is 2. The molecule has 2 heterocycles. The summed E-state index contributed by atoms with van der Waals surface area (Å²) in [5.74, 6) is 0.421. The number of nitrogens with zero attached hydrogens (tertiary/aromatic N) is 1. The molecule has 0 saturated carbocycles. The first kappa shape index (κ1) is 19.2. The molecule has 1 N–H and O–H groups in total. The van der Waals surface area contributed by atoms with Gasteiger partial charge in [-0.3, -0.25) is 4.98 Å². The molecule has 0 bridgehead atoms. The van der Waals surface area contributed by atoms with Crippen molar-refractivity contribution in [3.8, 4) is 0 Å². The van der Waals surface area contributed by atoms with E-state index < -0.39 is 0 Å². The number of hydrogen-bond donors (Lipinski definition) is 1. The van der Waals surface area contributed by atoms with E-state index in [1.165, 1.54) is 11.3 Å². The van der Waals surface area contributed by atoms with Crippen molar-refractivity contribution in [2.75, 3.05) is 0 Å². The lowest BCUT2D eigenvalue weighted by molar-refractivity contribution is 0.393. The molecule has 2 atom stereocenters. The van der Waals surface area contributed by atoms with Gasteiger partial charge in [-0.05, 0) is 50.1 Å². The van der Waals surface area contributed by atoms with E-state index in [-0.39, 0.29) is 30.4 Å². The normalized spacial score (nSPS) is 22.5. The average Bonchev–Trinajstić information content (AvgIpc) is 2.76. The molecule has 120 valence electrons. The summed E-state index contributed by atoms with van der Waals surface area (Å²) in [5, 5.41) is 4.52. The highest BCUT2D eigenvalue weighted by Crippen LogP contribution is 2.43. The Morgan fingerprint density at radius 2 is 1.77 bits per heavy atom. The number of benzene rings is 1. The largest absolute Gasteiger partial charge is 0.304 e. The van der Waals surface area contributed by atoms with Crippen molar-refractivity contribution in [3.63, 3.8) is 0 Å². The maximum Gasteiger partial charge on any atom is 0.0453 e. The third-order valence-corrected chi connectivity index (χ3v) is 4.46. The van der Waals surface area contributed by atoms with Crippen LogP contribution in [0.15, 0.2) is 48.7 Å². The Bertz CT molecular complexity index is 585. The Morgan fingerprint density at radius 1 is 1.09 bits per heavy atom. The standard InChI is InChI=1S/C17H19ClN2.2ClH/c1-17(2)14(15-5-3-4-10-19-15)11-16(20-17)12-6-8-13(18)9-7-12;;/h3-10,14,16,20H,11H2,1-2H3;2*1H. The minimum Gasteiger partial charge on any atom is -0.304 e. The van der Waals surface area contributed by atoms with Crippen molar-refractivity contribution in [1.29, 1.82) is 0 Å². The number of halogens is 3. The van der Waals surface area contributed by atoms with Crippen molar-refractivity contribution in [2.24, 2.45) is 0 Å². The van der Waals surface area contributed by atoms with Gasteiger partial charge in [-0.15, -0.1) is 24.8 Å². The monoisotopic (exact) mass is 358 g/mol. The molecule has 1 aromatic heterocycles. The lowest BCUT2D eigenvalue weighted by atomic mass is 9.85. The van der Waals surface area contributed by atoms with Crippen LogP contribution in [0.3, 0.4) is 0 Å². The summed E-state index contributed by atoms with van der Waals surface area (Å²) in [6, 6.07) is 14.6. The molecule has 0 amide bonds. The summed E-state index contributed by atoms with van der Waals surface area (Å²) in [6.45, 7) is 4.50. The van der Waals surface area contributed by atoms with Crippen LogP contribution in [-0.4, -0.2) is 10.5 Å². The summed E-state index contributed by atoms with van der Waals surface area (Å²) in [4.78, 5) is 4.54. The second-order valence-corrected chi connectivity index (χ2v) is 6.45. The topological polar surface area (TPSA) is 24.9 Å². The van der Waals surface area contributed by atoms with Crippen LogP contribution in [0.25, 0.3) is 0 Å². The number of aromatic nitrogens is 1. The van der Waals surface area contributed by atoms with Gasteiger partial charge in [0.1, 0.15) is 0 Å². The zero-order valence-corrected chi connectivity index (χ0v) is 15.0. The lowest BCUT2D eigenvalue weighted by Gasteiger charge is -2.27. The highest BCUT2D eigenvalue weighted by atomic mass is 35.5. The van der Waals surface area contributed by atoms with Gasteiger partial charge in [0.05, 0.1) is 0 Å². The van der Waals surface area contributed by atoms with Crippen LogP contribution in [0, 0.1) is 0 Å². The van der Waals surface area contributed by atoms with Crippen LogP contribution in [0.5, 0.6) is 0 Å². The molecule has 0 radical (unpaired) electrons. The number of nitrogens with one attached hydrogen (secondary N) is 1. The molecule has 1 aliphatic rings. The molecule has 2 nitrogen and oxygen atoms in total. The molecule has 1 aliphatic heterocycles. The van der Waals surface area contributed by atoms with Crippen molar-refractivity contribution < 1.29 is 0 Å². The Hall–Kier alpha value is -0.800. The molecular formula is C17H21Cl3N2. The highest BCUT2D eigenvalue weighted by molar-refractivity contribution is 6.30. The first-order chi connectivity index (χ1) is 9.56. The predicted octanol–water partition coefficient (Wildman–Crippen LogP) is 5.18. The second-order valence-electron chi connectivity index (χ2n) is 6.01. The van der Waals surface area contributed by atoms with Crippen LogP contribution in [0.4, 0.5) is 0 Å². The van der Waals surface area contributed by atoms with Gasteiger partial charge in [-0.2, -0.15) is 0 Å². The van der Waals surface area contributed by atoms with Crippen molar-refractivity contribution in [3.05, 3.63) is 64.9 Å². The SMILES string of the molecule is CC1(C)NC(c2ccc(Cl)cc2)CC1c1ccccn1.Cl.Cl. The molecule has 1 saturated heterocycles. The van der Waals surface area contributed by atoms with Gasteiger partial charge in [0.25, 0.3) is 0 Å². The molecule has 5 heteroatoms. The van der Waals surface area contributed by atoms with Crippen molar-refractivity contribution in [2.45, 2.75) is 37.8 Å². The average molecular weight is 360 g/mol. The lowest BCUT2D eigenvalue weighted by Crippen LogP contribution is -2.38. The molecular weight excluding hydrogens is 339 g/mol. The van der Waals surface area contributed by atoms with Crippen LogP contribution in [-0.2, 0) is 0 Å². The Balaban J connectivity index is 0.00000121. The molecule has 22 heavy (non-hydrogen) atoms. The van der Waals surface area contributed by atoms with Gasteiger partial charge in [0.2, 0.25) is 0 Å². The summed E-state index contributed by atoms with van der Waals surface area (Å²) in [6.07, 6.45) is 2.94. The molecule has 2 unspecified atom stereocenters. The zero-order chi connectivity index (χ0) is 14.2. The van der Waals surface area contributed by atoms with Gasteiger partial charge >= 0.3 is 0 Å². The summed E-state index contributed by atoms with van der Waals surface area (Å²) < 4.78 is 0. The van der Waals surface area contributed by atoms with Gasteiger partial charge in [-0.1, -0.05) is 29.8 Å². The minimum atomic E-state index is 0. The predicted molar refractivity (Wildman–Crippen MR) is 97.5 cm³/mol. The maximum atomic E-state index is 5.97. The Labute approximate surface area is 149 Å². The van der Waals surface area contributed by atoms with Crippen LogP contribution >= 0.6 is 36.4 Å². The highest BCUT2D eigenvalue weighted by Gasteiger charge is 2.41. The van der Waals surface area contributed by atoms with E-state index in [4.69, 9.17) is 11.6 Å². The van der Waals surface area contributed by atoms with Gasteiger partial charge in [-0.25, -0.2) is 0 Å². The fourth-order valence-corrected chi connectivity index (χ4v) is 3.25. The van der Waals surface area contributed by atoms with E-state index in [1.54, 1.807) is 0 Å². The molecule has 2 aromatic rings. The van der Waals surface area contributed by atoms with Crippen LogP contribution in [0.2, 0.25) is 5.02 Å². The molecule has 3 rings (SSSR count). The van der Waals surface area contributed by atoms with E-state index in [1.807, 2.05) is 24.4 Å². The molecule has 1 aromatic carbocycles. The summed E-state index contributed by atoms with van der Waals surface area (Å²) in [7, 11) is 0. The maximum absolute atomic E-state index is 5.97. The quantitative estimate of drug-likeness (QED) is 0.799. The Kier molecular flexibility index (Phi) is 6.69. The second kappa shape index (κ2) is 7.65. The summed E-state index contributed by atoms with van der Waals surface area (Å²) in [5.41, 5.74) is 2.50. The third kappa shape index (κ3) is 3.94. The van der Waals surface area contributed by atoms with Crippen LogP contribution < -0.4 is 5.32 Å². The van der Waals surface area contributed by atoms with Gasteiger partial charge < -0.3 is 5.32 Å². The first-order valence-electron chi connectivity index (χ1n) is 7.00. The fraction of sp³-hybridized carbons (Fsp3) is 0.353. The number of rotatable bonds is 2. The smallest absolute Gasteiger partial charge is 0.0453 e. The van der Waals surface area contributed by atoms with E-state index in [9.17, 15) is 0 Å². The molecule has 0 spiro atoms. The van der Waals surface area contributed by atoms with Gasteiger partial charge in [0.15, 0.2) is 0 Å². The molecule has 1 fully saturated rings. The summed E-state index contributed by atoms with van der Waals surface area (Å²) >= 11 is 5.97.